The Bertz CT molecular complexity index is 390. The number of hydrazone groups is 1. The molecule has 0 atom stereocenters. The van der Waals surface area contributed by atoms with Crippen molar-refractivity contribution < 1.29 is 14.6 Å². The van der Waals surface area contributed by atoms with Gasteiger partial charge in [-0.1, -0.05) is 0 Å². The molecule has 1 aromatic carbocycles. The highest BCUT2D eigenvalue weighted by molar-refractivity contribution is 5.89. The highest BCUT2D eigenvalue weighted by atomic mass is 16.5. The number of hydrogen-bond donors (Lipinski definition) is 1. The van der Waals surface area contributed by atoms with Gasteiger partial charge in [-0.2, -0.15) is 5.10 Å². The van der Waals surface area contributed by atoms with E-state index >= 15 is 0 Å². The largest absolute Gasteiger partial charge is 0.495 e. The summed E-state index contributed by atoms with van der Waals surface area (Å²) >= 11 is 0. The summed E-state index contributed by atoms with van der Waals surface area (Å²) < 4.78 is 5.08. The molecule has 15 heavy (non-hydrogen) atoms. The van der Waals surface area contributed by atoms with Crippen molar-refractivity contribution in [3.63, 3.8) is 0 Å². The van der Waals surface area contributed by atoms with E-state index in [0.717, 1.165) is 0 Å². The standard InChI is InChI=1S/C10H12N2O3/c1-11-12(2)8-6-7(10(13)14)4-5-9(8)15-3/h4-6H,1H2,2-3H3,(H,13,14). The third kappa shape index (κ3) is 2.25. The Hall–Kier alpha value is -2.04. The summed E-state index contributed by atoms with van der Waals surface area (Å²) in [4.78, 5) is 10.8. The monoisotopic (exact) mass is 208 g/mol. The molecule has 0 aliphatic heterocycles. The quantitative estimate of drug-likeness (QED) is 0.600. The molecule has 0 saturated heterocycles. The maximum Gasteiger partial charge on any atom is 0.335 e. The van der Waals surface area contributed by atoms with Crippen LogP contribution in [0.15, 0.2) is 23.3 Å². The van der Waals surface area contributed by atoms with Gasteiger partial charge in [-0.15, -0.1) is 0 Å². The SMILES string of the molecule is C=NN(C)c1cc(C(=O)O)ccc1OC. The minimum Gasteiger partial charge on any atom is -0.495 e. The summed E-state index contributed by atoms with van der Waals surface area (Å²) in [6.45, 7) is 3.36. The molecule has 0 amide bonds. The van der Waals surface area contributed by atoms with Gasteiger partial charge in [0.05, 0.1) is 12.7 Å². The molecule has 0 fully saturated rings. The molecule has 0 unspecified atom stereocenters. The molecule has 0 radical (unpaired) electrons. The second kappa shape index (κ2) is 4.45. The predicted molar refractivity (Wildman–Crippen MR) is 57.9 cm³/mol. The van der Waals surface area contributed by atoms with Crippen LogP contribution in [0.5, 0.6) is 5.75 Å². The van der Waals surface area contributed by atoms with Crippen LogP contribution in [0, 0.1) is 0 Å². The number of carboxylic acids is 1. The number of ether oxygens (including phenoxy) is 1. The first-order chi connectivity index (χ1) is 7.10. The lowest BCUT2D eigenvalue weighted by Gasteiger charge is -2.16. The van der Waals surface area contributed by atoms with Gasteiger partial charge in [0, 0.05) is 13.8 Å². The maximum atomic E-state index is 10.8. The maximum absolute atomic E-state index is 10.8. The van der Waals surface area contributed by atoms with E-state index in [1.54, 1.807) is 13.1 Å². The van der Waals surface area contributed by atoms with Gasteiger partial charge in [0.25, 0.3) is 0 Å². The molecule has 0 saturated carbocycles. The molecule has 1 N–H and O–H groups in total. The van der Waals surface area contributed by atoms with Crippen LogP contribution in [0.3, 0.4) is 0 Å². The second-order valence-electron chi connectivity index (χ2n) is 2.86. The Balaban J connectivity index is 3.24. The first-order valence-corrected chi connectivity index (χ1v) is 4.22. The van der Waals surface area contributed by atoms with Crippen LogP contribution < -0.4 is 9.75 Å². The van der Waals surface area contributed by atoms with E-state index in [0.29, 0.717) is 11.4 Å². The van der Waals surface area contributed by atoms with E-state index in [2.05, 4.69) is 11.8 Å². The van der Waals surface area contributed by atoms with Crippen molar-refractivity contribution in [2.75, 3.05) is 19.2 Å². The van der Waals surface area contributed by atoms with Crippen LogP contribution in [-0.4, -0.2) is 32.0 Å². The molecule has 5 nitrogen and oxygen atoms in total. The van der Waals surface area contributed by atoms with Crippen molar-refractivity contribution in [2.24, 2.45) is 5.10 Å². The number of aromatic carboxylic acids is 1. The summed E-state index contributed by atoms with van der Waals surface area (Å²) in [7, 11) is 3.17. The lowest BCUT2D eigenvalue weighted by atomic mass is 10.2. The minimum atomic E-state index is -0.989. The third-order valence-corrected chi connectivity index (χ3v) is 1.99. The molecule has 80 valence electrons. The summed E-state index contributed by atoms with van der Waals surface area (Å²) in [5, 5.41) is 13.9. The number of nitrogens with zero attached hydrogens (tertiary/aromatic N) is 2. The van der Waals surface area contributed by atoms with E-state index in [1.165, 1.54) is 24.3 Å². The van der Waals surface area contributed by atoms with Gasteiger partial charge in [-0.05, 0) is 18.2 Å². The number of rotatable bonds is 4. The van der Waals surface area contributed by atoms with Crippen molar-refractivity contribution in [3.8, 4) is 5.75 Å². The highest BCUT2D eigenvalue weighted by Crippen LogP contribution is 2.28. The third-order valence-electron chi connectivity index (χ3n) is 1.99. The van der Waals surface area contributed by atoms with Crippen LogP contribution in [0.1, 0.15) is 10.4 Å². The molecule has 0 aliphatic rings. The highest BCUT2D eigenvalue weighted by Gasteiger charge is 2.11. The minimum absolute atomic E-state index is 0.182. The Morgan fingerprint density at radius 3 is 2.73 bits per heavy atom. The first-order valence-electron chi connectivity index (χ1n) is 4.22. The fraction of sp³-hybridized carbons (Fsp3) is 0.200. The zero-order valence-electron chi connectivity index (χ0n) is 8.60. The predicted octanol–water partition coefficient (Wildman–Crippen LogP) is 1.45. The zero-order chi connectivity index (χ0) is 11.4. The number of carboxylic acid groups (broad SMARTS) is 1. The molecule has 0 aliphatic carbocycles. The second-order valence-corrected chi connectivity index (χ2v) is 2.86. The lowest BCUT2D eigenvalue weighted by molar-refractivity contribution is 0.0697. The molecule has 0 bridgehead atoms. The Morgan fingerprint density at radius 1 is 1.60 bits per heavy atom. The number of methoxy groups -OCH3 is 1. The molecule has 1 rings (SSSR count). The van der Waals surface area contributed by atoms with E-state index in [9.17, 15) is 4.79 Å². The smallest absolute Gasteiger partial charge is 0.335 e. The number of carbonyl (C=O) groups is 1. The van der Waals surface area contributed by atoms with Crippen LogP contribution in [0.25, 0.3) is 0 Å². The number of hydrogen-bond acceptors (Lipinski definition) is 4. The van der Waals surface area contributed by atoms with Crippen molar-refractivity contribution in [3.05, 3.63) is 23.8 Å². The number of benzene rings is 1. The summed E-state index contributed by atoms with van der Waals surface area (Å²) in [5.41, 5.74) is 0.744. The van der Waals surface area contributed by atoms with Gasteiger partial charge in [0.15, 0.2) is 0 Å². The van der Waals surface area contributed by atoms with Gasteiger partial charge in [0.1, 0.15) is 11.4 Å². The van der Waals surface area contributed by atoms with Crippen LogP contribution in [0.4, 0.5) is 5.69 Å². The Kier molecular flexibility index (Phi) is 3.28. The molecule has 5 heteroatoms. The van der Waals surface area contributed by atoms with E-state index in [1.807, 2.05) is 0 Å². The Morgan fingerprint density at radius 2 is 2.27 bits per heavy atom. The van der Waals surface area contributed by atoms with E-state index in [-0.39, 0.29) is 5.56 Å². The normalized spacial score (nSPS) is 9.47. The van der Waals surface area contributed by atoms with Crippen molar-refractivity contribution in [1.29, 1.82) is 0 Å². The molecular formula is C10H12N2O3. The number of anilines is 1. The molecule has 0 spiro atoms. The zero-order valence-corrected chi connectivity index (χ0v) is 8.60. The van der Waals surface area contributed by atoms with Crippen LogP contribution in [0.2, 0.25) is 0 Å². The van der Waals surface area contributed by atoms with Gasteiger partial charge in [-0.25, -0.2) is 4.79 Å². The van der Waals surface area contributed by atoms with Crippen molar-refractivity contribution >= 4 is 18.4 Å². The summed E-state index contributed by atoms with van der Waals surface area (Å²) in [6.07, 6.45) is 0. The fourth-order valence-electron chi connectivity index (χ4n) is 1.15. The van der Waals surface area contributed by atoms with Gasteiger partial charge < -0.3 is 9.84 Å². The molecule has 0 aromatic heterocycles. The first kappa shape index (κ1) is 11.0. The fourth-order valence-corrected chi connectivity index (χ4v) is 1.15. The van der Waals surface area contributed by atoms with Crippen LogP contribution in [-0.2, 0) is 0 Å². The average molecular weight is 208 g/mol. The van der Waals surface area contributed by atoms with Gasteiger partial charge in [0.2, 0.25) is 0 Å². The van der Waals surface area contributed by atoms with Crippen LogP contribution >= 0.6 is 0 Å². The average Bonchev–Trinajstić information content (AvgIpc) is 2.27. The van der Waals surface area contributed by atoms with Gasteiger partial charge in [-0.3, -0.25) is 5.01 Å². The Labute approximate surface area is 87.6 Å². The lowest BCUT2D eigenvalue weighted by Crippen LogP contribution is -2.10. The van der Waals surface area contributed by atoms with E-state index < -0.39 is 5.97 Å². The van der Waals surface area contributed by atoms with Gasteiger partial charge >= 0.3 is 5.97 Å². The molecular weight excluding hydrogens is 196 g/mol. The van der Waals surface area contributed by atoms with Crippen molar-refractivity contribution in [2.45, 2.75) is 0 Å². The summed E-state index contributed by atoms with van der Waals surface area (Å²) in [5.74, 6) is -0.439. The molecule has 0 heterocycles. The van der Waals surface area contributed by atoms with E-state index in [4.69, 9.17) is 9.84 Å². The molecule has 1 aromatic rings. The summed E-state index contributed by atoms with van der Waals surface area (Å²) in [6, 6.07) is 4.54. The topological polar surface area (TPSA) is 62.1 Å². The van der Waals surface area contributed by atoms with Crippen molar-refractivity contribution in [1.82, 2.24) is 0 Å².